The number of rotatable bonds is 6. The van der Waals surface area contributed by atoms with Gasteiger partial charge in [0.1, 0.15) is 11.6 Å². The molecule has 1 aliphatic rings. The molecule has 1 N–H and O–H groups in total. The van der Waals surface area contributed by atoms with Crippen molar-refractivity contribution < 1.29 is 0 Å². The number of nitriles is 1. The van der Waals surface area contributed by atoms with Crippen molar-refractivity contribution in [3.05, 3.63) is 38.7 Å². The van der Waals surface area contributed by atoms with E-state index in [1.807, 2.05) is 11.3 Å². The molecule has 1 aliphatic heterocycles. The third kappa shape index (κ3) is 3.68. The summed E-state index contributed by atoms with van der Waals surface area (Å²) in [6, 6.07) is 4.94. The van der Waals surface area contributed by atoms with Crippen molar-refractivity contribution in [2.24, 2.45) is 0 Å². The second kappa shape index (κ2) is 7.94. The van der Waals surface area contributed by atoms with Crippen LogP contribution in [0, 0.1) is 11.3 Å². The molecule has 1 atom stereocenters. The minimum atomic E-state index is 0.373. The lowest BCUT2D eigenvalue weighted by atomic mass is 10.0. The SMILES string of the molecule is CCc1nnc(NCC(C)N2CCc3sccc3C2)c(C#N)c1CC. The van der Waals surface area contributed by atoms with E-state index in [-0.39, 0.29) is 0 Å². The summed E-state index contributed by atoms with van der Waals surface area (Å²) in [4.78, 5) is 4.01. The molecule has 2 aromatic rings. The highest BCUT2D eigenvalue weighted by molar-refractivity contribution is 7.10. The molecule has 6 heteroatoms. The first-order valence-electron chi connectivity index (χ1n) is 8.99. The number of fused-ring (bicyclic) bond motifs is 1. The number of thiophene rings is 1. The van der Waals surface area contributed by atoms with E-state index in [0.717, 1.165) is 50.2 Å². The Labute approximate surface area is 153 Å². The van der Waals surface area contributed by atoms with Gasteiger partial charge in [-0.2, -0.15) is 10.4 Å². The van der Waals surface area contributed by atoms with E-state index in [9.17, 15) is 5.26 Å². The maximum Gasteiger partial charge on any atom is 0.167 e. The van der Waals surface area contributed by atoms with Gasteiger partial charge >= 0.3 is 0 Å². The van der Waals surface area contributed by atoms with Crippen molar-refractivity contribution in [3.8, 4) is 6.07 Å². The van der Waals surface area contributed by atoms with E-state index in [2.05, 4.69) is 58.7 Å². The smallest absolute Gasteiger partial charge is 0.167 e. The van der Waals surface area contributed by atoms with Gasteiger partial charge in [0.05, 0.1) is 5.69 Å². The Morgan fingerprint density at radius 1 is 1.36 bits per heavy atom. The number of anilines is 1. The van der Waals surface area contributed by atoms with Gasteiger partial charge in [0.2, 0.25) is 0 Å². The largest absolute Gasteiger partial charge is 0.366 e. The van der Waals surface area contributed by atoms with Gasteiger partial charge in [-0.25, -0.2) is 0 Å². The zero-order valence-electron chi connectivity index (χ0n) is 15.2. The number of nitrogens with zero attached hydrogens (tertiary/aromatic N) is 4. The lowest BCUT2D eigenvalue weighted by Crippen LogP contribution is -2.41. The zero-order valence-corrected chi connectivity index (χ0v) is 16.0. The molecule has 3 rings (SSSR count). The van der Waals surface area contributed by atoms with Crippen LogP contribution in [-0.2, 0) is 25.8 Å². The van der Waals surface area contributed by atoms with Crippen molar-refractivity contribution in [1.29, 1.82) is 5.26 Å². The van der Waals surface area contributed by atoms with Crippen molar-refractivity contribution in [1.82, 2.24) is 15.1 Å². The summed E-state index contributed by atoms with van der Waals surface area (Å²) >= 11 is 1.87. The summed E-state index contributed by atoms with van der Waals surface area (Å²) in [7, 11) is 0. The van der Waals surface area contributed by atoms with Gasteiger partial charge in [-0.15, -0.1) is 16.4 Å². The minimum absolute atomic E-state index is 0.373. The fourth-order valence-corrected chi connectivity index (χ4v) is 4.33. The predicted octanol–water partition coefficient (Wildman–Crippen LogP) is 3.39. The Bertz CT molecular complexity index is 777. The zero-order chi connectivity index (χ0) is 17.8. The van der Waals surface area contributed by atoms with Crippen LogP contribution < -0.4 is 5.32 Å². The third-order valence-corrected chi connectivity index (χ3v) is 6.01. The van der Waals surface area contributed by atoms with Crippen LogP contribution in [-0.4, -0.2) is 34.2 Å². The average molecular weight is 356 g/mol. The molecule has 2 aromatic heterocycles. The highest BCUT2D eigenvalue weighted by atomic mass is 32.1. The summed E-state index contributed by atoms with van der Waals surface area (Å²) in [6.45, 7) is 9.20. The summed E-state index contributed by atoms with van der Waals surface area (Å²) in [5.74, 6) is 0.622. The molecule has 0 spiro atoms. The highest BCUT2D eigenvalue weighted by Gasteiger charge is 2.22. The maximum absolute atomic E-state index is 9.58. The van der Waals surface area contributed by atoms with Gasteiger partial charge in [0.15, 0.2) is 5.82 Å². The molecule has 0 aliphatic carbocycles. The molecule has 0 bridgehead atoms. The number of aryl methyl sites for hydroxylation is 1. The van der Waals surface area contributed by atoms with Gasteiger partial charge in [-0.05, 0) is 48.8 Å². The molecule has 3 heterocycles. The van der Waals surface area contributed by atoms with Crippen molar-refractivity contribution in [2.45, 2.75) is 52.6 Å². The van der Waals surface area contributed by atoms with E-state index >= 15 is 0 Å². The summed E-state index contributed by atoms with van der Waals surface area (Å²) in [5.41, 5.74) is 4.07. The molecule has 0 amide bonds. The highest BCUT2D eigenvalue weighted by Crippen LogP contribution is 2.25. The normalized spacial score (nSPS) is 15.4. The lowest BCUT2D eigenvalue weighted by molar-refractivity contribution is 0.200. The second-order valence-corrected chi connectivity index (χ2v) is 7.49. The number of nitrogens with one attached hydrogen (secondary N) is 1. The lowest BCUT2D eigenvalue weighted by Gasteiger charge is -2.32. The molecule has 132 valence electrons. The third-order valence-electron chi connectivity index (χ3n) is 4.98. The van der Waals surface area contributed by atoms with Crippen molar-refractivity contribution in [2.75, 3.05) is 18.4 Å². The predicted molar refractivity (Wildman–Crippen MR) is 102 cm³/mol. The fourth-order valence-electron chi connectivity index (χ4n) is 3.44. The van der Waals surface area contributed by atoms with E-state index in [1.165, 1.54) is 10.4 Å². The minimum Gasteiger partial charge on any atom is -0.366 e. The molecule has 5 nitrogen and oxygen atoms in total. The Hall–Kier alpha value is -1.97. The Balaban J connectivity index is 1.68. The maximum atomic E-state index is 9.58. The first kappa shape index (κ1) is 17.8. The number of hydrogen-bond acceptors (Lipinski definition) is 6. The standard InChI is InChI=1S/C19H25N5S/c1-4-15-16(10-20)19(23-22-17(15)5-2)21-11-13(3)24-8-6-18-14(12-24)7-9-25-18/h7,9,13H,4-6,8,11-12H2,1-3H3,(H,21,23). The molecule has 0 radical (unpaired) electrons. The van der Waals surface area contributed by atoms with Crippen LogP contribution in [0.4, 0.5) is 5.82 Å². The Kier molecular flexibility index (Phi) is 5.67. The fraction of sp³-hybridized carbons (Fsp3) is 0.526. The van der Waals surface area contributed by atoms with Crippen LogP contribution in [0.3, 0.4) is 0 Å². The monoisotopic (exact) mass is 355 g/mol. The first-order chi connectivity index (χ1) is 12.2. The van der Waals surface area contributed by atoms with E-state index in [4.69, 9.17) is 0 Å². The molecule has 0 aromatic carbocycles. The molecule has 0 saturated heterocycles. The van der Waals surface area contributed by atoms with Crippen LogP contribution in [0.5, 0.6) is 0 Å². The van der Waals surface area contributed by atoms with Crippen molar-refractivity contribution >= 4 is 17.2 Å². The van der Waals surface area contributed by atoms with Crippen LogP contribution >= 0.6 is 11.3 Å². The Morgan fingerprint density at radius 2 is 2.20 bits per heavy atom. The topological polar surface area (TPSA) is 64.8 Å². The first-order valence-corrected chi connectivity index (χ1v) is 9.87. The van der Waals surface area contributed by atoms with Gasteiger partial charge in [0, 0.05) is 30.6 Å². The number of hydrogen-bond donors (Lipinski definition) is 1. The average Bonchev–Trinajstić information content (AvgIpc) is 3.12. The summed E-state index contributed by atoms with van der Waals surface area (Å²) in [5, 5.41) is 23.7. The van der Waals surface area contributed by atoms with E-state index in [0.29, 0.717) is 17.4 Å². The molecule has 1 unspecified atom stereocenters. The van der Waals surface area contributed by atoms with E-state index in [1.54, 1.807) is 0 Å². The Morgan fingerprint density at radius 3 is 2.92 bits per heavy atom. The second-order valence-electron chi connectivity index (χ2n) is 6.49. The summed E-state index contributed by atoms with van der Waals surface area (Å²) in [6.07, 6.45) is 2.74. The number of aromatic nitrogens is 2. The van der Waals surface area contributed by atoms with Crippen LogP contribution in [0.15, 0.2) is 11.4 Å². The van der Waals surface area contributed by atoms with Gasteiger partial charge in [-0.3, -0.25) is 4.90 Å². The molecule has 25 heavy (non-hydrogen) atoms. The van der Waals surface area contributed by atoms with Gasteiger partial charge in [-0.1, -0.05) is 13.8 Å². The van der Waals surface area contributed by atoms with Crippen LogP contribution in [0.1, 0.15) is 48.0 Å². The molecular formula is C19H25N5S. The van der Waals surface area contributed by atoms with Crippen LogP contribution in [0.25, 0.3) is 0 Å². The van der Waals surface area contributed by atoms with Crippen LogP contribution in [0.2, 0.25) is 0 Å². The van der Waals surface area contributed by atoms with Crippen molar-refractivity contribution in [3.63, 3.8) is 0 Å². The van der Waals surface area contributed by atoms with E-state index < -0.39 is 0 Å². The molecule has 0 fully saturated rings. The van der Waals surface area contributed by atoms with Gasteiger partial charge < -0.3 is 5.32 Å². The summed E-state index contributed by atoms with van der Waals surface area (Å²) < 4.78 is 0. The molecule has 0 saturated carbocycles. The van der Waals surface area contributed by atoms with Gasteiger partial charge in [0.25, 0.3) is 0 Å². The molecular weight excluding hydrogens is 330 g/mol. The quantitative estimate of drug-likeness (QED) is 0.860.